The fourth-order valence-electron chi connectivity index (χ4n) is 2.02. The number of hydrogen-bond donors (Lipinski definition) is 2. The summed E-state index contributed by atoms with van der Waals surface area (Å²) < 4.78 is 31.3. The maximum Gasteiger partial charge on any atom is 0.280 e. The van der Waals surface area contributed by atoms with Crippen LogP contribution >= 0.6 is 0 Å². The standard InChI is InChI=1S/C14H13F2N5O2/c1-23-9-4-2-8(3-5-9)7-17-13-19-14-18-10(12(15)16)6-11(22)21(14)20-13/h2-6,12H,7H2,1H3,(H2,17,18,19,20). The lowest BCUT2D eigenvalue weighted by molar-refractivity contribution is 0.146. The molecule has 0 aliphatic heterocycles. The zero-order valence-corrected chi connectivity index (χ0v) is 12.1. The van der Waals surface area contributed by atoms with Crippen molar-refractivity contribution < 1.29 is 13.5 Å². The third-order valence-corrected chi connectivity index (χ3v) is 3.19. The minimum absolute atomic E-state index is 0.106. The molecule has 0 fully saturated rings. The van der Waals surface area contributed by atoms with Crippen molar-refractivity contribution in [2.45, 2.75) is 13.0 Å². The van der Waals surface area contributed by atoms with Crippen LogP contribution in [0.25, 0.3) is 5.78 Å². The van der Waals surface area contributed by atoms with E-state index in [1.807, 2.05) is 24.3 Å². The van der Waals surface area contributed by atoms with E-state index in [0.29, 0.717) is 6.54 Å². The topological polar surface area (TPSA) is 84.3 Å². The van der Waals surface area contributed by atoms with Crippen LogP contribution in [0.3, 0.4) is 0 Å². The summed E-state index contributed by atoms with van der Waals surface area (Å²) in [7, 11) is 1.58. The molecule has 3 aromatic rings. The summed E-state index contributed by atoms with van der Waals surface area (Å²) >= 11 is 0. The van der Waals surface area contributed by atoms with E-state index in [-0.39, 0.29) is 11.7 Å². The smallest absolute Gasteiger partial charge is 0.280 e. The van der Waals surface area contributed by atoms with Gasteiger partial charge in [0, 0.05) is 12.6 Å². The number of aromatic amines is 1. The molecule has 0 aliphatic rings. The largest absolute Gasteiger partial charge is 0.497 e. The highest BCUT2D eigenvalue weighted by molar-refractivity contribution is 5.38. The minimum atomic E-state index is -2.82. The van der Waals surface area contributed by atoms with Gasteiger partial charge in [-0.3, -0.25) is 9.89 Å². The maximum atomic E-state index is 12.6. The molecular weight excluding hydrogens is 308 g/mol. The van der Waals surface area contributed by atoms with Crippen LogP contribution in [-0.2, 0) is 6.54 Å². The van der Waals surface area contributed by atoms with Crippen molar-refractivity contribution in [2.24, 2.45) is 0 Å². The van der Waals surface area contributed by atoms with Crippen LogP contribution in [0.5, 0.6) is 5.75 Å². The number of ether oxygens (including phenoxy) is 1. The quantitative estimate of drug-likeness (QED) is 0.750. The van der Waals surface area contributed by atoms with Crippen molar-refractivity contribution in [3.05, 3.63) is 51.9 Å². The van der Waals surface area contributed by atoms with Gasteiger partial charge in [0.05, 0.1) is 7.11 Å². The lowest BCUT2D eigenvalue weighted by atomic mass is 10.2. The number of halogens is 2. The van der Waals surface area contributed by atoms with Gasteiger partial charge in [0.2, 0.25) is 5.95 Å². The summed E-state index contributed by atoms with van der Waals surface area (Å²) in [4.78, 5) is 19.4. The molecule has 0 amide bonds. The van der Waals surface area contributed by atoms with Crippen LogP contribution in [0.15, 0.2) is 35.1 Å². The van der Waals surface area contributed by atoms with E-state index in [1.165, 1.54) is 0 Å². The molecule has 0 radical (unpaired) electrons. The fraction of sp³-hybridized carbons (Fsp3) is 0.214. The molecule has 0 spiro atoms. The van der Waals surface area contributed by atoms with Crippen molar-refractivity contribution >= 4 is 11.7 Å². The van der Waals surface area contributed by atoms with Gasteiger partial charge in [-0.25, -0.2) is 13.8 Å². The maximum absolute atomic E-state index is 12.6. The van der Waals surface area contributed by atoms with Gasteiger partial charge in [-0.2, -0.15) is 9.50 Å². The second-order valence-corrected chi connectivity index (χ2v) is 4.73. The molecule has 0 aliphatic carbocycles. The van der Waals surface area contributed by atoms with Gasteiger partial charge < -0.3 is 10.1 Å². The Bertz CT molecular complexity index is 873. The molecule has 9 heteroatoms. The summed E-state index contributed by atoms with van der Waals surface area (Å²) in [5.41, 5.74) is -0.279. The van der Waals surface area contributed by atoms with Gasteiger partial charge in [0.15, 0.2) is 0 Å². The molecule has 0 unspecified atom stereocenters. The highest BCUT2D eigenvalue weighted by Gasteiger charge is 2.14. The van der Waals surface area contributed by atoms with Crippen LogP contribution in [-0.4, -0.2) is 26.7 Å². The van der Waals surface area contributed by atoms with Crippen LogP contribution < -0.4 is 15.6 Å². The van der Waals surface area contributed by atoms with Crippen LogP contribution in [0, 0.1) is 0 Å². The van der Waals surface area contributed by atoms with E-state index in [0.717, 1.165) is 21.9 Å². The van der Waals surface area contributed by atoms with Gasteiger partial charge in [-0.1, -0.05) is 12.1 Å². The lowest BCUT2D eigenvalue weighted by Crippen LogP contribution is -2.16. The van der Waals surface area contributed by atoms with Crippen molar-refractivity contribution in [1.82, 2.24) is 19.6 Å². The molecular formula is C14H13F2N5O2. The van der Waals surface area contributed by atoms with Gasteiger partial charge in [0.25, 0.3) is 17.8 Å². The van der Waals surface area contributed by atoms with E-state index in [9.17, 15) is 13.6 Å². The molecule has 7 nitrogen and oxygen atoms in total. The molecule has 2 heterocycles. The number of benzene rings is 1. The van der Waals surface area contributed by atoms with Crippen LogP contribution in [0.1, 0.15) is 17.7 Å². The van der Waals surface area contributed by atoms with E-state index in [4.69, 9.17) is 4.74 Å². The lowest BCUT2D eigenvalue weighted by Gasteiger charge is -2.04. The predicted octanol–water partition coefficient (Wildman–Crippen LogP) is 1.98. The number of aromatic nitrogens is 4. The Morgan fingerprint density at radius 1 is 1.30 bits per heavy atom. The molecule has 23 heavy (non-hydrogen) atoms. The first-order chi connectivity index (χ1) is 11.1. The molecule has 120 valence electrons. The highest BCUT2D eigenvalue weighted by Crippen LogP contribution is 2.15. The highest BCUT2D eigenvalue weighted by atomic mass is 19.3. The molecule has 0 bridgehead atoms. The molecule has 2 aromatic heterocycles. The van der Waals surface area contributed by atoms with Crippen molar-refractivity contribution in [2.75, 3.05) is 12.4 Å². The number of rotatable bonds is 5. The van der Waals surface area contributed by atoms with Gasteiger partial charge in [-0.15, -0.1) is 0 Å². The number of anilines is 1. The van der Waals surface area contributed by atoms with Gasteiger partial charge in [0.1, 0.15) is 11.4 Å². The number of nitrogens with one attached hydrogen (secondary N) is 2. The Morgan fingerprint density at radius 2 is 2.04 bits per heavy atom. The number of nitrogens with zero attached hydrogens (tertiary/aromatic N) is 3. The Morgan fingerprint density at radius 3 is 2.70 bits per heavy atom. The predicted molar refractivity (Wildman–Crippen MR) is 78.9 cm³/mol. The van der Waals surface area contributed by atoms with Gasteiger partial charge in [-0.05, 0) is 17.7 Å². The molecule has 2 N–H and O–H groups in total. The summed E-state index contributed by atoms with van der Waals surface area (Å²) in [5, 5.41) is 5.64. The average molecular weight is 321 g/mol. The van der Waals surface area contributed by atoms with Crippen molar-refractivity contribution in [3.63, 3.8) is 0 Å². The summed E-state index contributed by atoms with van der Waals surface area (Å²) in [6.45, 7) is 0.431. The second kappa shape index (κ2) is 6.03. The molecule has 3 rings (SSSR count). The molecule has 0 saturated heterocycles. The van der Waals surface area contributed by atoms with Crippen LogP contribution in [0.4, 0.5) is 14.7 Å². The molecule has 1 aromatic carbocycles. The Labute approximate surface area is 128 Å². The third-order valence-electron chi connectivity index (χ3n) is 3.19. The minimum Gasteiger partial charge on any atom is -0.497 e. The molecule has 0 saturated carbocycles. The van der Waals surface area contributed by atoms with E-state index in [2.05, 4.69) is 20.4 Å². The summed E-state index contributed by atoms with van der Waals surface area (Å²) in [6.07, 6.45) is -2.82. The normalized spacial score (nSPS) is 11.1. The first-order valence-corrected chi connectivity index (χ1v) is 6.71. The number of fused-ring (bicyclic) bond motifs is 1. The average Bonchev–Trinajstić information content (AvgIpc) is 2.97. The van der Waals surface area contributed by atoms with E-state index < -0.39 is 17.7 Å². The SMILES string of the molecule is COc1ccc(CNc2nc3nc(C(F)F)cc(=O)n3[nH]2)cc1. The van der Waals surface area contributed by atoms with E-state index in [1.54, 1.807) is 7.11 Å². The zero-order valence-electron chi connectivity index (χ0n) is 12.1. The number of methoxy groups -OCH3 is 1. The fourth-order valence-corrected chi connectivity index (χ4v) is 2.02. The number of H-pyrrole nitrogens is 1. The van der Waals surface area contributed by atoms with Crippen molar-refractivity contribution in [1.29, 1.82) is 0 Å². The van der Waals surface area contributed by atoms with Crippen molar-refractivity contribution in [3.8, 4) is 5.75 Å². The first-order valence-electron chi connectivity index (χ1n) is 6.71. The molecule has 0 atom stereocenters. The summed E-state index contributed by atoms with van der Waals surface area (Å²) in [5.74, 6) is 0.898. The monoisotopic (exact) mass is 321 g/mol. The number of hydrogen-bond acceptors (Lipinski definition) is 5. The van der Waals surface area contributed by atoms with E-state index >= 15 is 0 Å². The Hall–Kier alpha value is -2.97. The first kappa shape index (κ1) is 14.9. The Balaban J connectivity index is 1.80. The summed E-state index contributed by atoms with van der Waals surface area (Å²) in [6, 6.07) is 8.15. The third kappa shape index (κ3) is 3.12. The Kier molecular flexibility index (Phi) is 3.92. The number of alkyl halides is 2. The zero-order chi connectivity index (χ0) is 16.4. The van der Waals surface area contributed by atoms with Gasteiger partial charge >= 0.3 is 0 Å². The second-order valence-electron chi connectivity index (χ2n) is 4.73. The van der Waals surface area contributed by atoms with Crippen LogP contribution in [0.2, 0.25) is 0 Å².